The summed E-state index contributed by atoms with van der Waals surface area (Å²) >= 11 is 0. The summed E-state index contributed by atoms with van der Waals surface area (Å²) in [7, 11) is 1.51. The number of amides is 1. The number of ether oxygens (including phenoxy) is 1. The third-order valence-corrected chi connectivity index (χ3v) is 4.18. The van der Waals surface area contributed by atoms with Crippen molar-refractivity contribution >= 4 is 17.9 Å². The third-order valence-electron chi connectivity index (χ3n) is 4.18. The molecule has 4 N–H and O–H groups in total. The van der Waals surface area contributed by atoms with Crippen molar-refractivity contribution in [2.45, 2.75) is 19.1 Å². The van der Waals surface area contributed by atoms with Gasteiger partial charge in [-0.3, -0.25) is 9.59 Å². The number of rotatable bonds is 8. The fraction of sp³-hybridized carbons (Fsp3) is 0.250. The quantitative estimate of drug-likeness (QED) is 0.307. The Kier molecular flexibility index (Phi) is 7.25. The summed E-state index contributed by atoms with van der Waals surface area (Å²) in [5.41, 5.74) is 2.52. The molecule has 0 spiro atoms. The number of hydrogen-bond donors (Lipinski definition) is 4. The summed E-state index contributed by atoms with van der Waals surface area (Å²) in [6.45, 7) is 0.588. The number of ketones is 1. The van der Waals surface area contributed by atoms with Crippen molar-refractivity contribution in [1.82, 2.24) is 5.32 Å². The van der Waals surface area contributed by atoms with Crippen molar-refractivity contribution in [3.63, 3.8) is 0 Å². The lowest BCUT2D eigenvalue weighted by molar-refractivity contribution is -0.125. The van der Waals surface area contributed by atoms with Crippen LogP contribution in [0.25, 0.3) is 11.1 Å². The summed E-state index contributed by atoms with van der Waals surface area (Å²) < 4.78 is 5.20. The molecule has 0 aliphatic heterocycles. The standard InChI is InChI=1S/C20H22N2O6/c1-12(24)19(17(25)11-23)22-20(26)14-5-3-13(4-6-14)15-7-8-18(28-2)16(9-15)10-21-27/h3-10,12,19,23-24,27H,11H2,1-2H3,(H,22,26)/b21-10-/t12-,19+/m1/s1. The molecule has 0 saturated carbocycles. The Morgan fingerprint density at radius 1 is 1.18 bits per heavy atom. The predicted molar refractivity (Wildman–Crippen MR) is 103 cm³/mol. The zero-order chi connectivity index (χ0) is 20.7. The zero-order valence-electron chi connectivity index (χ0n) is 15.5. The van der Waals surface area contributed by atoms with Gasteiger partial charge in [0.1, 0.15) is 18.4 Å². The molecule has 0 radical (unpaired) electrons. The van der Waals surface area contributed by atoms with Gasteiger partial charge in [-0.25, -0.2) is 0 Å². The number of benzene rings is 2. The number of oxime groups is 1. The molecule has 8 nitrogen and oxygen atoms in total. The van der Waals surface area contributed by atoms with Crippen LogP contribution in [0.3, 0.4) is 0 Å². The van der Waals surface area contributed by atoms with E-state index in [2.05, 4.69) is 10.5 Å². The van der Waals surface area contributed by atoms with Gasteiger partial charge in [-0.05, 0) is 42.3 Å². The Labute approximate surface area is 162 Å². The molecule has 0 aliphatic carbocycles. The lowest BCUT2D eigenvalue weighted by Gasteiger charge is -2.19. The number of hydrogen-bond acceptors (Lipinski definition) is 7. The molecule has 28 heavy (non-hydrogen) atoms. The second-order valence-electron chi connectivity index (χ2n) is 6.09. The molecule has 0 unspecified atom stereocenters. The normalized spacial score (nSPS) is 13.1. The lowest BCUT2D eigenvalue weighted by Crippen LogP contribution is -2.48. The van der Waals surface area contributed by atoms with Crippen LogP contribution in [-0.2, 0) is 4.79 Å². The summed E-state index contributed by atoms with van der Waals surface area (Å²) in [5.74, 6) is -0.659. The highest BCUT2D eigenvalue weighted by molar-refractivity contribution is 5.98. The van der Waals surface area contributed by atoms with E-state index < -0.39 is 30.4 Å². The first kappa shape index (κ1) is 21.1. The van der Waals surface area contributed by atoms with Gasteiger partial charge < -0.3 is 25.5 Å². The van der Waals surface area contributed by atoms with Gasteiger partial charge in [-0.1, -0.05) is 23.4 Å². The molecule has 148 valence electrons. The van der Waals surface area contributed by atoms with Crippen LogP contribution in [-0.4, -0.2) is 59.2 Å². The molecule has 1 amide bonds. The van der Waals surface area contributed by atoms with Crippen LogP contribution >= 0.6 is 0 Å². The van der Waals surface area contributed by atoms with Gasteiger partial charge in [0.15, 0.2) is 5.78 Å². The Morgan fingerprint density at radius 2 is 1.82 bits per heavy atom. The maximum atomic E-state index is 12.3. The van der Waals surface area contributed by atoms with E-state index in [0.29, 0.717) is 16.9 Å². The second kappa shape index (κ2) is 9.63. The van der Waals surface area contributed by atoms with Crippen molar-refractivity contribution in [3.8, 4) is 16.9 Å². The maximum absolute atomic E-state index is 12.3. The van der Waals surface area contributed by atoms with Crippen LogP contribution in [0.4, 0.5) is 0 Å². The van der Waals surface area contributed by atoms with E-state index in [4.69, 9.17) is 15.1 Å². The number of Topliss-reactive ketones (excluding diaryl/α,β-unsaturated/α-hetero) is 1. The first-order chi connectivity index (χ1) is 13.4. The number of carbonyl (C=O) groups excluding carboxylic acids is 2. The van der Waals surface area contributed by atoms with E-state index in [9.17, 15) is 14.7 Å². The zero-order valence-corrected chi connectivity index (χ0v) is 15.5. The predicted octanol–water partition coefficient (Wildman–Crippen LogP) is 1.21. The first-order valence-electron chi connectivity index (χ1n) is 8.49. The molecule has 0 fully saturated rings. The van der Waals surface area contributed by atoms with Crippen LogP contribution in [0.2, 0.25) is 0 Å². The molecule has 0 aromatic heterocycles. The highest BCUT2D eigenvalue weighted by atomic mass is 16.5. The lowest BCUT2D eigenvalue weighted by atomic mass is 10.0. The molecule has 8 heteroatoms. The first-order valence-corrected chi connectivity index (χ1v) is 8.49. The minimum Gasteiger partial charge on any atom is -0.496 e. The van der Waals surface area contributed by atoms with Gasteiger partial charge >= 0.3 is 0 Å². The fourth-order valence-corrected chi connectivity index (χ4v) is 2.68. The molecule has 0 heterocycles. The molecular formula is C20H22N2O6. The Hall–Kier alpha value is -3.23. The molecule has 2 aromatic carbocycles. The summed E-state index contributed by atoms with van der Waals surface area (Å²) in [4.78, 5) is 24.0. The number of methoxy groups -OCH3 is 1. The summed E-state index contributed by atoms with van der Waals surface area (Å²) in [6, 6.07) is 10.8. The molecule has 2 atom stereocenters. The van der Waals surface area contributed by atoms with E-state index in [-0.39, 0.29) is 0 Å². The highest BCUT2D eigenvalue weighted by Gasteiger charge is 2.25. The Bertz CT molecular complexity index is 861. The molecule has 0 saturated heterocycles. The molecule has 2 aromatic rings. The van der Waals surface area contributed by atoms with Gasteiger partial charge in [-0.15, -0.1) is 0 Å². The number of aliphatic hydroxyl groups is 2. The Morgan fingerprint density at radius 3 is 2.36 bits per heavy atom. The smallest absolute Gasteiger partial charge is 0.251 e. The van der Waals surface area contributed by atoms with Crippen LogP contribution in [0.15, 0.2) is 47.6 Å². The van der Waals surface area contributed by atoms with Crippen molar-refractivity contribution < 1.29 is 29.7 Å². The average Bonchev–Trinajstić information content (AvgIpc) is 2.71. The Balaban J connectivity index is 2.22. The molecule has 2 rings (SSSR count). The van der Waals surface area contributed by atoms with Crippen LogP contribution in [0, 0.1) is 0 Å². The van der Waals surface area contributed by atoms with Crippen molar-refractivity contribution in [2.24, 2.45) is 5.16 Å². The maximum Gasteiger partial charge on any atom is 0.251 e. The molecule has 0 aliphatic rings. The number of nitrogens with zero attached hydrogens (tertiary/aromatic N) is 1. The minimum atomic E-state index is -1.18. The summed E-state index contributed by atoms with van der Waals surface area (Å²) in [6.07, 6.45) is 0.132. The van der Waals surface area contributed by atoms with E-state index in [1.807, 2.05) is 6.07 Å². The van der Waals surface area contributed by atoms with E-state index >= 15 is 0 Å². The van der Waals surface area contributed by atoms with Gasteiger partial charge in [0.25, 0.3) is 5.91 Å². The number of nitrogens with one attached hydrogen (secondary N) is 1. The van der Waals surface area contributed by atoms with Gasteiger partial charge in [0, 0.05) is 11.1 Å². The van der Waals surface area contributed by atoms with Crippen LogP contribution in [0.1, 0.15) is 22.8 Å². The second-order valence-corrected chi connectivity index (χ2v) is 6.09. The topological polar surface area (TPSA) is 128 Å². The van der Waals surface area contributed by atoms with Gasteiger partial charge in [0.05, 0.1) is 19.4 Å². The van der Waals surface area contributed by atoms with Gasteiger partial charge in [0.2, 0.25) is 0 Å². The van der Waals surface area contributed by atoms with Crippen LogP contribution in [0.5, 0.6) is 5.75 Å². The molecule has 0 bridgehead atoms. The fourth-order valence-electron chi connectivity index (χ4n) is 2.68. The van der Waals surface area contributed by atoms with Crippen LogP contribution < -0.4 is 10.1 Å². The third kappa shape index (κ3) is 4.93. The van der Waals surface area contributed by atoms with Gasteiger partial charge in [-0.2, -0.15) is 0 Å². The van der Waals surface area contributed by atoms with Crippen molar-refractivity contribution in [1.29, 1.82) is 0 Å². The number of carbonyl (C=O) groups is 2. The van der Waals surface area contributed by atoms with E-state index in [1.165, 1.54) is 20.2 Å². The molecular weight excluding hydrogens is 364 g/mol. The minimum absolute atomic E-state index is 0.297. The highest BCUT2D eigenvalue weighted by Crippen LogP contribution is 2.26. The number of aliphatic hydroxyl groups excluding tert-OH is 2. The monoisotopic (exact) mass is 386 g/mol. The van der Waals surface area contributed by atoms with E-state index in [1.54, 1.807) is 36.4 Å². The van der Waals surface area contributed by atoms with Crippen molar-refractivity contribution in [2.75, 3.05) is 13.7 Å². The van der Waals surface area contributed by atoms with E-state index in [0.717, 1.165) is 11.1 Å². The SMILES string of the molecule is COc1ccc(-c2ccc(C(=O)N[C@H](C(=O)CO)[C@@H](C)O)cc2)cc1/C=N\O. The largest absolute Gasteiger partial charge is 0.496 e. The average molecular weight is 386 g/mol. The van der Waals surface area contributed by atoms with Crippen molar-refractivity contribution in [3.05, 3.63) is 53.6 Å². The summed E-state index contributed by atoms with van der Waals surface area (Å²) in [5, 5.41) is 32.8.